The molecule has 2 N–H and O–H groups in total. The van der Waals surface area contributed by atoms with Crippen LogP contribution in [-0.4, -0.2) is 31.8 Å². The molecule has 3 rings (SSSR count). The van der Waals surface area contributed by atoms with Crippen molar-refractivity contribution in [2.75, 3.05) is 0 Å². The maximum atomic E-state index is 13.3. The molecule has 2 heterocycles. The van der Waals surface area contributed by atoms with Crippen molar-refractivity contribution in [3.63, 3.8) is 0 Å². The lowest BCUT2D eigenvalue weighted by Gasteiger charge is -2.21. The number of aryl methyl sites for hydroxylation is 1. The zero-order chi connectivity index (χ0) is 18.0. The number of H-pyrrole nitrogens is 1. The SMILES string of the molecule is Cn1ccc(C(NC(=O)c2cccc(-c3ncn[nH]3)c2)C(F)(F)F)c1. The fraction of sp³-hybridized carbons (Fsp3) is 0.188. The molecule has 1 amide bonds. The first kappa shape index (κ1) is 16.7. The number of rotatable bonds is 4. The van der Waals surface area contributed by atoms with Gasteiger partial charge in [-0.2, -0.15) is 18.3 Å². The van der Waals surface area contributed by atoms with E-state index in [0.29, 0.717) is 11.4 Å². The Hall–Kier alpha value is -3.10. The molecule has 130 valence electrons. The van der Waals surface area contributed by atoms with Crippen molar-refractivity contribution in [2.24, 2.45) is 7.05 Å². The summed E-state index contributed by atoms with van der Waals surface area (Å²) in [7, 11) is 1.61. The minimum atomic E-state index is -4.61. The Morgan fingerprint density at radius 2 is 2.12 bits per heavy atom. The summed E-state index contributed by atoms with van der Waals surface area (Å²) in [5.41, 5.74) is 0.613. The fourth-order valence-corrected chi connectivity index (χ4v) is 2.42. The van der Waals surface area contributed by atoms with E-state index in [2.05, 4.69) is 20.5 Å². The van der Waals surface area contributed by atoms with Gasteiger partial charge in [0, 0.05) is 36.1 Å². The van der Waals surface area contributed by atoms with Crippen molar-refractivity contribution >= 4 is 5.91 Å². The Morgan fingerprint density at radius 3 is 2.72 bits per heavy atom. The summed E-state index contributed by atoms with van der Waals surface area (Å²) >= 11 is 0. The second-order valence-corrected chi connectivity index (χ2v) is 5.47. The van der Waals surface area contributed by atoms with Gasteiger partial charge in [-0.3, -0.25) is 9.89 Å². The number of aromatic nitrogens is 4. The van der Waals surface area contributed by atoms with E-state index in [1.54, 1.807) is 19.2 Å². The second kappa shape index (κ2) is 6.42. The summed E-state index contributed by atoms with van der Waals surface area (Å²) in [5, 5.41) is 8.40. The van der Waals surface area contributed by atoms with Gasteiger partial charge in [0.25, 0.3) is 5.91 Å². The quantitative estimate of drug-likeness (QED) is 0.760. The number of alkyl halides is 3. The van der Waals surface area contributed by atoms with Crippen molar-refractivity contribution in [1.29, 1.82) is 0 Å². The molecule has 0 aliphatic carbocycles. The smallest absolute Gasteiger partial charge is 0.357 e. The molecule has 0 saturated carbocycles. The number of carbonyl (C=O) groups excluding carboxylic acids is 1. The highest BCUT2D eigenvalue weighted by Gasteiger charge is 2.42. The Balaban J connectivity index is 1.86. The van der Waals surface area contributed by atoms with Crippen molar-refractivity contribution in [1.82, 2.24) is 25.1 Å². The monoisotopic (exact) mass is 349 g/mol. The molecular weight excluding hydrogens is 335 g/mol. The molecule has 0 bridgehead atoms. The zero-order valence-corrected chi connectivity index (χ0v) is 13.1. The van der Waals surface area contributed by atoms with Crippen molar-refractivity contribution in [3.05, 3.63) is 60.2 Å². The first-order chi connectivity index (χ1) is 11.8. The van der Waals surface area contributed by atoms with E-state index in [0.717, 1.165) is 0 Å². The van der Waals surface area contributed by atoms with E-state index in [9.17, 15) is 18.0 Å². The molecule has 1 unspecified atom stereocenters. The predicted molar refractivity (Wildman–Crippen MR) is 83.5 cm³/mol. The van der Waals surface area contributed by atoms with Gasteiger partial charge in [-0.05, 0) is 18.2 Å². The van der Waals surface area contributed by atoms with Gasteiger partial charge >= 0.3 is 6.18 Å². The molecule has 2 aromatic heterocycles. The average molecular weight is 349 g/mol. The average Bonchev–Trinajstić information content (AvgIpc) is 3.23. The van der Waals surface area contributed by atoms with E-state index < -0.39 is 18.1 Å². The van der Waals surface area contributed by atoms with Crippen LogP contribution in [0.25, 0.3) is 11.4 Å². The lowest BCUT2D eigenvalue weighted by molar-refractivity contribution is -0.155. The van der Waals surface area contributed by atoms with E-state index in [1.165, 1.54) is 41.5 Å². The Morgan fingerprint density at radius 1 is 1.32 bits per heavy atom. The first-order valence-electron chi connectivity index (χ1n) is 7.30. The van der Waals surface area contributed by atoms with Crippen LogP contribution in [0, 0.1) is 0 Å². The number of halogens is 3. The van der Waals surface area contributed by atoms with E-state index in [-0.39, 0.29) is 11.1 Å². The molecule has 0 aliphatic rings. The maximum Gasteiger partial charge on any atom is 0.412 e. The van der Waals surface area contributed by atoms with Crippen LogP contribution >= 0.6 is 0 Å². The molecule has 0 radical (unpaired) electrons. The molecule has 0 spiro atoms. The largest absolute Gasteiger partial charge is 0.412 e. The lowest BCUT2D eigenvalue weighted by Crippen LogP contribution is -2.38. The van der Waals surface area contributed by atoms with Crippen LogP contribution in [0.1, 0.15) is 22.0 Å². The van der Waals surface area contributed by atoms with Crippen molar-refractivity contribution in [3.8, 4) is 11.4 Å². The molecule has 9 heteroatoms. The summed E-state index contributed by atoms with van der Waals surface area (Å²) < 4.78 is 41.5. The van der Waals surface area contributed by atoms with E-state index >= 15 is 0 Å². The molecule has 0 fully saturated rings. The first-order valence-corrected chi connectivity index (χ1v) is 7.30. The number of hydrogen-bond donors (Lipinski definition) is 2. The molecule has 6 nitrogen and oxygen atoms in total. The number of amides is 1. The molecular formula is C16H14F3N5O. The van der Waals surface area contributed by atoms with Gasteiger partial charge in [-0.25, -0.2) is 4.98 Å². The summed E-state index contributed by atoms with van der Waals surface area (Å²) in [4.78, 5) is 16.3. The number of carbonyl (C=O) groups is 1. The van der Waals surface area contributed by atoms with Crippen LogP contribution in [0.15, 0.2) is 49.1 Å². The van der Waals surface area contributed by atoms with Crippen LogP contribution in [0.4, 0.5) is 13.2 Å². The summed E-state index contributed by atoms with van der Waals surface area (Å²) in [6.07, 6.45) is -0.495. The summed E-state index contributed by atoms with van der Waals surface area (Å²) in [6, 6.07) is 5.37. The van der Waals surface area contributed by atoms with Crippen molar-refractivity contribution in [2.45, 2.75) is 12.2 Å². The number of aromatic amines is 1. The molecule has 1 aromatic carbocycles. The molecule has 25 heavy (non-hydrogen) atoms. The summed E-state index contributed by atoms with van der Waals surface area (Å²) in [5.74, 6) is -0.405. The number of nitrogens with zero attached hydrogens (tertiary/aromatic N) is 3. The minimum absolute atomic E-state index is 0.0326. The molecule has 0 aliphatic heterocycles. The topological polar surface area (TPSA) is 75.6 Å². The Labute approximate surface area is 140 Å². The highest BCUT2D eigenvalue weighted by atomic mass is 19.4. The predicted octanol–water partition coefficient (Wildman–Crippen LogP) is 2.84. The standard InChI is InChI=1S/C16H14F3N5O/c1-24-6-5-12(8-24)13(16(17,18)19)22-15(25)11-4-2-3-10(7-11)14-20-9-21-23-14/h2-9,13H,1H3,(H,22,25)(H,20,21,23). The fourth-order valence-electron chi connectivity index (χ4n) is 2.42. The third-order valence-electron chi connectivity index (χ3n) is 3.60. The third kappa shape index (κ3) is 3.70. The van der Waals surface area contributed by atoms with Gasteiger partial charge in [-0.15, -0.1) is 0 Å². The van der Waals surface area contributed by atoms with E-state index in [4.69, 9.17) is 0 Å². The lowest BCUT2D eigenvalue weighted by atomic mass is 10.1. The normalized spacial score (nSPS) is 12.8. The van der Waals surface area contributed by atoms with Gasteiger partial charge in [0.15, 0.2) is 11.9 Å². The number of nitrogens with one attached hydrogen (secondary N) is 2. The highest BCUT2D eigenvalue weighted by molar-refractivity contribution is 5.95. The van der Waals surface area contributed by atoms with Crippen LogP contribution in [0.3, 0.4) is 0 Å². The summed E-state index contributed by atoms with van der Waals surface area (Å²) in [6.45, 7) is 0. The van der Waals surface area contributed by atoms with Gasteiger partial charge in [0.05, 0.1) is 0 Å². The van der Waals surface area contributed by atoms with Crippen LogP contribution in [0.2, 0.25) is 0 Å². The minimum Gasteiger partial charge on any atom is -0.357 e. The molecule has 1 atom stereocenters. The van der Waals surface area contributed by atoms with Gasteiger partial charge in [-0.1, -0.05) is 12.1 Å². The zero-order valence-electron chi connectivity index (χ0n) is 13.1. The van der Waals surface area contributed by atoms with Crippen molar-refractivity contribution < 1.29 is 18.0 Å². The Kier molecular flexibility index (Phi) is 4.30. The number of benzene rings is 1. The van der Waals surface area contributed by atoms with Gasteiger partial charge < -0.3 is 9.88 Å². The second-order valence-electron chi connectivity index (χ2n) is 5.47. The van der Waals surface area contributed by atoms with Crippen LogP contribution in [-0.2, 0) is 7.05 Å². The molecule has 3 aromatic rings. The van der Waals surface area contributed by atoms with Gasteiger partial charge in [0.2, 0.25) is 0 Å². The van der Waals surface area contributed by atoms with Gasteiger partial charge in [0.1, 0.15) is 6.33 Å². The number of hydrogen-bond acceptors (Lipinski definition) is 3. The van der Waals surface area contributed by atoms with E-state index in [1.807, 2.05) is 0 Å². The Bertz CT molecular complexity index is 870. The third-order valence-corrected chi connectivity index (χ3v) is 3.60. The molecule has 0 saturated heterocycles. The highest BCUT2D eigenvalue weighted by Crippen LogP contribution is 2.33. The van der Waals surface area contributed by atoms with Crippen LogP contribution in [0.5, 0.6) is 0 Å². The maximum absolute atomic E-state index is 13.3. The van der Waals surface area contributed by atoms with Crippen LogP contribution < -0.4 is 5.32 Å².